The molecule has 3 atom stereocenters. The summed E-state index contributed by atoms with van der Waals surface area (Å²) >= 11 is 0. The van der Waals surface area contributed by atoms with Crippen LogP contribution < -0.4 is 5.32 Å². The van der Waals surface area contributed by atoms with Crippen LogP contribution in [0.5, 0.6) is 0 Å². The highest BCUT2D eigenvalue weighted by atomic mass is 19.1. The maximum absolute atomic E-state index is 13.2. The maximum atomic E-state index is 13.2. The lowest BCUT2D eigenvalue weighted by Gasteiger charge is -2.21. The van der Waals surface area contributed by atoms with E-state index < -0.39 is 0 Å². The van der Waals surface area contributed by atoms with Crippen molar-refractivity contribution in [3.05, 3.63) is 35.6 Å². The smallest absolute Gasteiger partial charge is 0.123 e. The summed E-state index contributed by atoms with van der Waals surface area (Å²) in [6.45, 7) is 4.36. The Balaban J connectivity index is 2.15. The van der Waals surface area contributed by atoms with Crippen LogP contribution in [0, 0.1) is 11.7 Å². The Morgan fingerprint density at radius 2 is 2.18 bits per heavy atom. The van der Waals surface area contributed by atoms with Crippen LogP contribution in [0.25, 0.3) is 0 Å². The summed E-state index contributed by atoms with van der Waals surface area (Å²) in [5.41, 5.74) is 1.01. The molecule has 1 heterocycles. The average molecular weight is 237 g/mol. The molecule has 0 aromatic heterocycles. The van der Waals surface area contributed by atoms with Gasteiger partial charge in [-0.15, -0.1) is 0 Å². The molecule has 94 valence electrons. The fourth-order valence-electron chi connectivity index (χ4n) is 2.61. The van der Waals surface area contributed by atoms with Gasteiger partial charge in [-0.1, -0.05) is 26.0 Å². The van der Waals surface area contributed by atoms with E-state index in [0.717, 1.165) is 12.0 Å². The van der Waals surface area contributed by atoms with Crippen LogP contribution in [0.2, 0.25) is 0 Å². The van der Waals surface area contributed by atoms with Gasteiger partial charge in [-0.3, -0.25) is 0 Å². The van der Waals surface area contributed by atoms with Crippen LogP contribution in [-0.4, -0.2) is 19.3 Å². The van der Waals surface area contributed by atoms with Gasteiger partial charge in [-0.2, -0.15) is 0 Å². The quantitative estimate of drug-likeness (QED) is 0.872. The van der Waals surface area contributed by atoms with Crippen LogP contribution in [0.1, 0.15) is 31.9 Å². The summed E-state index contributed by atoms with van der Waals surface area (Å²) in [4.78, 5) is 0. The van der Waals surface area contributed by atoms with Crippen molar-refractivity contribution in [2.75, 3.05) is 7.11 Å². The largest absolute Gasteiger partial charge is 0.380 e. The molecule has 0 bridgehead atoms. The first-order valence-corrected chi connectivity index (χ1v) is 6.16. The van der Waals surface area contributed by atoms with Gasteiger partial charge in [0.05, 0.1) is 6.10 Å². The SMILES string of the molecule is COC1CC(c2cccc(F)c2)NC1C(C)C. The molecule has 3 unspecified atom stereocenters. The van der Waals surface area contributed by atoms with Gasteiger partial charge in [0.15, 0.2) is 0 Å². The molecule has 1 aromatic carbocycles. The van der Waals surface area contributed by atoms with E-state index in [4.69, 9.17) is 4.74 Å². The minimum Gasteiger partial charge on any atom is -0.380 e. The summed E-state index contributed by atoms with van der Waals surface area (Å²) in [5.74, 6) is 0.338. The fraction of sp³-hybridized carbons (Fsp3) is 0.571. The molecule has 3 heteroatoms. The first-order chi connectivity index (χ1) is 8.11. The predicted molar refractivity (Wildman–Crippen MR) is 66.3 cm³/mol. The fourth-order valence-corrected chi connectivity index (χ4v) is 2.61. The number of rotatable bonds is 3. The number of ether oxygens (including phenoxy) is 1. The third-order valence-electron chi connectivity index (χ3n) is 3.53. The zero-order valence-corrected chi connectivity index (χ0v) is 10.6. The predicted octanol–water partition coefficient (Wildman–Crippen LogP) is 2.90. The standard InChI is InChI=1S/C14H20FNO/c1-9(2)14-13(17-3)8-12(16-14)10-5-4-6-11(15)7-10/h4-7,9,12-14,16H,8H2,1-3H3. The van der Waals surface area contributed by atoms with Crippen molar-refractivity contribution in [1.82, 2.24) is 5.32 Å². The van der Waals surface area contributed by atoms with Crippen LogP contribution in [0.15, 0.2) is 24.3 Å². The van der Waals surface area contributed by atoms with Crippen molar-refractivity contribution in [1.29, 1.82) is 0 Å². The highest BCUT2D eigenvalue weighted by molar-refractivity contribution is 5.22. The number of nitrogens with one attached hydrogen (secondary N) is 1. The molecule has 0 saturated carbocycles. The van der Waals surface area contributed by atoms with E-state index in [0.29, 0.717) is 12.0 Å². The Morgan fingerprint density at radius 1 is 1.41 bits per heavy atom. The number of methoxy groups -OCH3 is 1. The second-order valence-corrected chi connectivity index (χ2v) is 5.05. The number of halogens is 1. The van der Waals surface area contributed by atoms with Gasteiger partial charge in [0.2, 0.25) is 0 Å². The molecule has 1 aliphatic rings. The van der Waals surface area contributed by atoms with Crippen molar-refractivity contribution in [2.24, 2.45) is 5.92 Å². The van der Waals surface area contributed by atoms with Gasteiger partial charge < -0.3 is 10.1 Å². The zero-order valence-electron chi connectivity index (χ0n) is 10.6. The lowest BCUT2D eigenvalue weighted by molar-refractivity contribution is 0.0779. The van der Waals surface area contributed by atoms with Crippen LogP contribution in [-0.2, 0) is 4.74 Å². The molecular formula is C14H20FNO. The molecule has 0 radical (unpaired) electrons. The Labute approximate surface area is 102 Å². The molecule has 0 spiro atoms. The minimum absolute atomic E-state index is 0.175. The lowest BCUT2D eigenvalue weighted by atomic mass is 9.99. The molecule has 1 N–H and O–H groups in total. The maximum Gasteiger partial charge on any atom is 0.123 e. The van der Waals surface area contributed by atoms with E-state index in [-0.39, 0.29) is 18.0 Å². The third kappa shape index (κ3) is 2.67. The monoisotopic (exact) mass is 237 g/mol. The number of hydrogen-bond donors (Lipinski definition) is 1. The summed E-state index contributed by atoms with van der Waals surface area (Å²) in [7, 11) is 1.75. The van der Waals surface area contributed by atoms with Crippen molar-refractivity contribution in [3.8, 4) is 0 Å². The minimum atomic E-state index is -0.175. The Bertz CT molecular complexity index is 380. The molecule has 1 aliphatic heterocycles. The molecule has 2 nitrogen and oxygen atoms in total. The Kier molecular flexibility index (Phi) is 3.79. The van der Waals surface area contributed by atoms with E-state index in [2.05, 4.69) is 19.2 Å². The second kappa shape index (κ2) is 5.15. The molecule has 2 rings (SSSR count). The Hall–Kier alpha value is -0.930. The molecule has 17 heavy (non-hydrogen) atoms. The van der Waals surface area contributed by atoms with Crippen molar-refractivity contribution >= 4 is 0 Å². The van der Waals surface area contributed by atoms with Gasteiger partial charge in [0.25, 0.3) is 0 Å². The average Bonchev–Trinajstić information content (AvgIpc) is 2.73. The van der Waals surface area contributed by atoms with E-state index in [1.54, 1.807) is 19.2 Å². The molecule has 1 aromatic rings. The van der Waals surface area contributed by atoms with Crippen molar-refractivity contribution < 1.29 is 9.13 Å². The van der Waals surface area contributed by atoms with Gasteiger partial charge in [-0.25, -0.2) is 4.39 Å². The van der Waals surface area contributed by atoms with Crippen molar-refractivity contribution in [3.63, 3.8) is 0 Å². The van der Waals surface area contributed by atoms with Gasteiger partial charge in [-0.05, 0) is 30.0 Å². The summed E-state index contributed by atoms with van der Waals surface area (Å²) in [5, 5.41) is 3.54. The van der Waals surface area contributed by atoms with Crippen LogP contribution in [0.3, 0.4) is 0 Å². The van der Waals surface area contributed by atoms with E-state index in [1.165, 1.54) is 6.07 Å². The van der Waals surface area contributed by atoms with Gasteiger partial charge in [0, 0.05) is 19.2 Å². The highest BCUT2D eigenvalue weighted by Gasteiger charge is 2.36. The topological polar surface area (TPSA) is 21.3 Å². The van der Waals surface area contributed by atoms with Crippen LogP contribution in [0.4, 0.5) is 4.39 Å². The highest BCUT2D eigenvalue weighted by Crippen LogP contribution is 2.31. The molecule has 1 fully saturated rings. The summed E-state index contributed by atoms with van der Waals surface area (Å²) in [6.07, 6.45) is 1.12. The van der Waals surface area contributed by atoms with Gasteiger partial charge >= 0.3 is 0 Å². The van der Waals surface area contributed by atoms with Crippen LogP contribution >= 0.6 is 0 Å². The zero-order chi connectivity index (χ0) is 12.4. The third-order valence-corrected chi connectivity index (χ3v) is 3.53. The number of benzene rings is 1. The molecule has 0 amide bonds. The van der Waals surface area contributed by atoms with E-state index in [9.17, 15) is 4.39 Å². The normalized spacial score (nSPS) is 28.9. The molecule has 0 aliphatic carbocycles. The van der Waals surface area contributed by atoms with E-state index >= 15 is 0 Å². The number of hydrogen-bond acceptors (Lipinski definition) is 2. The van der Waals surface area contributed by atoms with Crippen molar-refractivity contribution in [2.45, 2.75) is 38.5 Å². The molecule has 1 saturated heterocycles. The van der Waals surface area contributed by atoms with E-state index in [1.807, 2.05) is 6.07 Å². The first-order valence-electron chi connectivity index (χ1n) is 6.16. The van der Waals surface area contributed by atoms with Gasteiger partial charge in [0.1, 0.15) is 5.82 Å². The summed E-state index contributed by atoms with van der Waals surface area (Å²) < 4.78 is 18.7. The lowest BCUT2D eigenvalue weighted by Crippen LogP contribution is -2.36. The molecular weight excluding hydrogens is 217 g/mol. The summed E-state index contributed by atoms with van der Waals surface area (Å²) in [6, 6.07) is 7.35. The first kappa shape index (κ1) is 12.5. The Morgan fingerprint density at radius 3 is 2.71 bits per heavy atom. The second-order valence-electron chi connectivity index (χ2n) is 5.05.